The smallest absolute Gasteiger partial charge is 0.462 e. The molecule has 0 aliphatic carbocycles. The Morgan fingerprint density at radius 1 is 0.284 bits per heavy atom. The number of carbonyl (C=O) groups is 4. The zero-order chi connectivity index (χ0) is 74.6. The van der Waals surface area contributed by atoms with Crippen LogP contribution in [0.4, 0.5) is 0 Å². The zero-order valence-corrected chi connectivity index (χ0v) is 66.3. The second-order valence-electron chi connectivity index (χ2n) is 27.0. The van der Waals surface area contributed by atoms with Gasteiger partial charge in [-0.2, -0.15) is 0 Å². The standard InChI is InChI=1S/C83H146O17P2/c1-5-9-13-17-21-25-29-32-35-37-38-40-43-45-49-52-56-60-64-68-80(85)93-73-78(99-82(87)69-65-61-57-53-47-28-24-20-16-12-8-4)75-97-101(89,90)95-71-77(84)72-96-102(91,92)98-76-79(100-83(88)70-66-62-58-54-50-46-41-34-31-27-23-19-15-11-7-3)74-94-81(86)67-63-59-55-51-48-44-42-39-36-33-30-26-22-18-14-10-6-2/h10,14,21-22,25-26,32-36,38,40-42,44,77-79,84H,5-9,11-13,15-20,23-24,27-31,37,39,43,45-76H2,1-4H3,(H,89,90)(H,91,92)/b14-10-,25-21-,26-22-,35-32-,36-33-,40-38-,41-34-,44-42-. The SMILES string of the molecule is CC/C=C\C/C=C\C/C=C\C/C=C\CCCCCCC(=O)OCC(COP(=O)(O)OCC(O)COP(=O)(O)OCC(COC(=O)CCCCCCCC/C=C\C/C=C\C/C=C\CCCCC)OC(=O)CCCCCCCCCCCCC)OC(=O)CCCCCCC/C=C\CCCCCCCC. The lowest BCUT2D eigenvalue weighted by Gasteiger charge is -2.21. The molecule has 0 aromatic carbocycles. The van der Waals surface area contributed by atoms with Gasteiger partial charge in [-0.3, -0.25) is 37.3 Å². The number of ether oxygens (including phenoxy) is 4. The first-order valence-corrected chi connectivity index (χ1v) is 43.5. The fourth-order valence-corrected chi connectivity index (χ4v) is 12.4. The van der Waals surface area contributed by atoms with Crippen molar-refractivity contribution < 1.29 is 80.2 Å². The van der Waals surface area contributed by atoms with Gasteiger partial charge in [0.1, 0.15) is 19.3 Å². The molecule has 102 heavy (non-hydrogen) atoms. The van der Waals surface area contributed by atoms with Crippen LogP contribution in [0.1, 0.15) is 349 Å². The Labute approximate surface area is 620 Å². The summed E-state index contributed by atoms with van der Waals surface area (Å²) in [5.41, 5.74) is 0. The van der Waals surface area contributed by atoms with Gasteiger partial charge in [-0.15, -0.1) is 0 Å². The third kappa shape index (κ3) is 74.3. The molecule has 0 bridgehead atoms. The molecule has 0 spiro atoms. The van der Waals surface area contributed by atoms with E-state index in [0.29, 0.717) is 25.7 Å². The lowest BCUT2D eigenvalue weighted by molar-refractivity contribution is -0.161. The van der Waals surface area contributed by atoms with Crippen LogP contribution >= 0.6 is 15.6 Å². The molecule has 0 heterocycles. The van der Waals surface area contributed by atoms with Crippen LogP contribution < -0.4 is 0 Å². The van der Waals surface area contributed by atoms with Crippen molar-refractivity contribution in [1.29, 1.82) is 0 Å². The number of aliphatic hydroxyl groups is 1. The minimum atomic E-state index is -4.98. The number of carbonyl (C=O) groups excluding carboxylic acids is 4. The van der Waals surface area contributed by atoms with E-state index in [2.05, 4.69) is 125 Å². The minimum absolute atomic E-state index is 0.0801. The summed E-state index contributed by atoms with van der Waals surface area (Å²) in [6.45, 7) is 4.71. The number of phosphoric acid groups is 2. The van der Waals surface area contributed by atoms with E-state index in [4.69, 9.17) is 37.0 Å². The van der Waals surface area contributed by atoms with Gasteiger partial charge >= 0.3 is 39.5 Å². The number of hydrogen-bond acceptors (Lipinski definition) is 15. The summed E-state index contributed by atoms with van der Waals surface area (Å²) in [7, 11) is -9.96. The summed E-state index contributed by atoms with van der Waals surface area (Å²) in [4.78, 5) is 73.0. The van der Waals surface area contributed by atoms with Crippen molar-refractivity contribution in [1.82, 2.24) is 0 Å². The molecule has 19 heteroatoms. The van der Waals surface area contributed by atoms with Gasteiger partial charge in [0.25, 0.3) is 0 Å². The number of hydrogen-bond donors (Lipinski definition) is 3. The molecule has 590 valence electrons. The first kappa shape index (κ1) is 98.0. The monoisotopic (exact) mass is 1480 g/mol. The molecule has 0 radical (unpaired) electrons. The molecule has 0 aromatic heterocycles. The number of rotatable bonds is 76. The Morgan fingerprint density at radius 2 is 0.510 bits per heavy atom. The minimum Gasteiger partial charge on any atom is -0.462 e. The fourth-order valence-electron chi connectivity index (χ4n) is 10.9. The number of unbranched alkanes of at least 4 members (excludes halogenated alkanes) is 34. The number of esters is 4. The molecular formula is C83H146O17P2. The van der Waals surface area contributed by atoms with Gasteiger partial charge in [0.15, 0.2) is 12.2 Å². The normalized spacial score (nSPS) is 14.4. The van der Waals surface area contributed by atoms with E-state index in [0.717, 1.165) is 173 Å². The molecule has 0 saturated heterocycles. The van der Waals surface area contributed by atoms with Gasteiger partial charge in [-0.1, -0.05) is 292 Å². The van der Waals surface area contributed by atoms with Crippen molar-refractivity contribution in [2.45, 2.75) is 367 Å². The topological polar surface area (TPSA) is 237 Å². The van der Waals surface area contributed by atoms with E-state index in [1.807, 2.05) is 0 Å². The van der Waals surface area contributed by atoms with Crippen LogP contribution in [-0.4, -0.2) is 96.7 Å². The summed E-state index contributed by atoms with van der Waals surface area (Å²) in [6.07, 6.45) is 79.5. The molecule has 3 N–H and O–H groups in total. The van der Waals surface area contributed by atoms with Gasteiger partial charge in [-0.25, -0.2) is 9.13 Å². The Hall–Kier alpha value is -4.02. The van der Waals surface area contributed by atoms with E-state index in [-0.39, 0.29) is 25.7 Å². The molecule has 0 aliphatic heterocycles. The van der Waals surface area contributed by atoms with Crippen LogP contribution in [0.5, 0.6) is 0 Å². The molecule has 0 aliphatic rings. The average Bonchev–Trinajstić information content (AvgIpc) is 0.944. The van der Waals surface area contributed by atoms with Gasteiger partial charge < -0.3 is 33.8 Å². The molecule has 0 saturated carbocycles. The Morgan fingerprint density at radius 3 is 0.814 bits per heavy atom. The first-order valence-electron chi connectivity index (χ1n) is 40.5. The summed E-state index contributed by atoms with van der Waals surface area (Å²) in [5.74, 6) is -2.20. The molecule has 5 atom stereocenters. The summed E-state index contributed by atoms with van der Waals surface area (Å²) in [5, 5.41) is 10.6. The maximum Gasteiger partial charge on any atom is 0.472 e. The van der Waals surface area contributed by atoms with Crippen LogP contribution in [0.3, 0.4) is 0 Å². The third-order valence-corrected chi connectivity index (χ3v) is 18.9. The number of allylic oxidation sites excluding steroid dienone is 16. The van der Waals surface area contributed by atoms with Crippen molar-refractivity contribution >= 4 is 39.5 Å². The fraction of sp³-hybridized carbons (Fsp3) is 0.759. The average molecular weight is 1480 g/mol. The molecule has 0 rings (SSSR count). The molecule has 5 unspecified atom stereocenters. The quantitative estimate of drug-likeness (QED) is 0.0169. The predicted octanol–water partition coefficient (Wildman–Crippen LogP) is 23.6. The highest BCUT2D eigenvalue weighted by atomic mass is 31.2. The van der Waals surface area contributed by atoms with Crippen LogP contribution in [0.25, 0.3) is 0 Å². The number of aliphatic hydroxyl groups excluding tert-OH is 1. The third-order valence-electron chi connectivity index (χ3n) is 17.0. The predicted molar refractivity (Wildman–Crippen MR) is 418 cm³/mol. The Balaban J connectivity index is 5.33. The first-order chi connectivity index (χ1) is 49.7. The summed E-state index contributed by atoms with van der Waals surface area (Å²) in [6, 6.07) is 0. The maximum absolute atomic E-state index is 13.1. The van der Waals surface area contributed by atoms with Gasteiger partial charge in [0, 0.05) is 25.7 Å². The van der Waals surface area contributed by atoms with Crippen molar-refractivity contribution in [2.24, 2.45) is 0 Å². The molecule has 0 aromatic rings. The summed E-state index contributed by atoms with van der Waals surface area (Å²) < 4.78 is 68.6. The van der Waals surface area contributed by atoms with Gasteiger partial charge in [-0.05, 0) is 128 Å². The van der Waals surface area contributed by atoms with Gasteiger partial charge in [0.05, 0.1) is 26.4 Å². The zero-order valence-electron chi connectivity index (χ0n) is 64.5. The van der Waals surface area contributed by atoms with Gasteiger partial charge in [0.2, 0.25) is 0 Å². The van der Waals surface area contributed by atoms with Crippen LogP contribution in [0.15, 0.2) is 97.2 Å². The molecule has 0 amide bonds. The molecule has 17 nitrogen and oxygen atoms in total. The van der Waals surface area contributed by atoms with Crippen molar-refractivity contribution in [2.75, 3.05) is 39.6 Å². The van der Waals surface area contributed by atoms with Crippen molar-refractivity contribution in [3.8, 4) is 0 Å². The lowest BCUT2D eigenvalue weighted by Crippen LogP contribution is -2.30. The second kappa shape index (κ2) is 75.2. The van der Waals surface area contributed by atoms with E-state index < -0.39 is 97.5 Å². The molecular weight excluding hydrogens is 1330 g/mol. The van der Waals surface area contributed by atoms with E-state index in [9.17, 15) is 43.2 Å². The highest BCUT2D eigenvalue weighted by Crippen LogP contribution is 2.45. The van der Waals surface area contributed by atoms with Crippen LogP contribution in [-0.2, 0) is 65.4 Å². The largest absolute Gasteiger partial charge is 0.472 e. The Bertz CT molecular complexity index is 2310. The molecule has 0 fully saturated rings. The summed E-state index contributed by atoms with van der Waals surface area (Å²) >= 11 is 0. The van der Waals surface area contributed by atoms with E-state index >= 15 is 0 Å². The van der Waals surface area contributed by atoms with E-state index in [1.54, 1.807) is 0 Å². The van der Waals surface area contributed by atoms with Crippen LogP contribution in [0.2, 0.25) is 0 Å². The highest BCUT2D eigenvalue weighted by molar-refractivity contribution is 7.47. The van der Waals surface area contributed by atoms with Crippen molar-refractivity contribution in [3.05, 3.63) is 97.2 Å². The maximum atomic E-state index is 13.1. The number of phosphoric ester groups is 2. The lowest BCUT2D eigenvalue weighted by atomic mass is 10.1. The van der Waals surface area contributed by atoms with Crippen molar-refractivity contribution in [3.63, 3.8) is 0 Å². The second-order valence-corrected chi connectivity index (χ2v) is 29.9. The van der Waals surface area contributed by atoms with E-state index in [1.165, 1.54) is 96.3 Å². The Kier molecular flexibility index (Phi) is 72.3. The van der Waals surface area contributed by atoms with Crippen LogP contribution in [0, 0.1) is 0 Å². The highest BCUT2D eigenvalue weighted by Gasteiger charge is 2.30.